The predicted octanol–water partition coefficient (Wildman–Crippen LogP) is 4.78. The second kappa shape index (κ2) is 8.23. The molecule has 2 aromatic heterocycles. The van der Waals surface area contributed by atoms with Gasteiger partial charge in [0.25, 0.3) is 0 Å². The summed E-state index contributed by atoms with van der Waals surface area (Å²) in [5.74, 6) is 1.41. The molecule has 0 saturated carbocycles. The quantitative estimate of drug-likeness (QED) is 0.425. The number of aromatic nitrogens is 2. The molecule has 6 nitrogen and oxygen atoms in total. The number of methoxy groups -OCH3 is 1. The molecule has 2 heterocycles. The van der Waals surface area contributed by atoms with Crippen molar-refractivity contribution in [2.75, 3.05) is 7.11 Å². The van der Waals surface area contributed by atoms with E-state index in [0.717, 1.165) is 44.4 Å². The van der Waals surface area contributed by atoms with Crippen LogP contribution in [0.15, 0.2) is 83.7 Å². The maximum Gasteiger partial charge on any atom is 0.225 e. The largest absolute Gasteiger partial charge is 0.497 e. The molecule has 5 aromatic rings. The molecule has 1 atom stereocenters. The highest BCUT2D eigenvalue weighted by atomic mass is 16.5. The van der Waals surface area contributed by atoms with Gasteiger partial charge in [0.05, 0.1) is 19.8 Å². The fourth-order valence-corrected chi connectivity index (χ4v) is 4.14. The summed E-state index contributed by atoms with van der Waals surface area (Å²) in [6.07, 6.45) is 5.49. The van der Waals surface area contributed by atoms with E-state index in [1.807, 2.05) is 66.3 Å². The van der Waals surface area contributed by atoms with Gasteiger partial charge in [-0.25, -0.2) is 4.98 Å². The van der Waals surface area contributed by atoms with Gasteiger partial charge < -0.3 is 19.0 Å². The minimum atomic E-state index is -0.386. The van der Waals surface area contributed by atoms with Crippen molar-refractivity contribution < 1.29 is 13.9 Å². The van der Waals surface area contributed by atoms with E-state index in [-0.39, 0.29) is 18.4 Å². The van der Waals surface area contributed by atoms with E-state index in [4.69, 9.17) is 9.15 Å². The summed E-state index contributed by atoms with van der Waals surface area (Å²) in [7, 11) is 3.55. The molecule has 0 aliphatic carbocycles. The highest BCUT2D eigenvalue weighted by Gasteiger charge is 2.22. The number of hydrogen-bond acceptors (Lipinski definition) is 4. The van der Waals surface area contributed by atoms with Gasteiger partial charge in [0.2, 0.25) is 5.91 Å². The molecule has 3 aromatic carbocycles. The second-order valence-corrected chi connectivity index (χ2v) is 7.77. The smallest absolute Gasteiger partial charge is 0.225 e. The Morgan fingerprint density at radius 2 is 1.94 bits per heavy atom. The molecule has 0 aliphatic rings. The average Bonchev–Trinajstić information content (AvgIpc) is 3.44. The van der Waals surface area contributed by atoms with Crippen LogP contribution in [0.2, 0.25) is 0 Å². The zero-order valence-corrected chi connectivity index (χ0v) is 17.9. The fraction of sp³-hybridized carbons (Fsp3) is 0.154. The van der Waals surface area contributed by atoms with Crippen molar-refractivity contribution in [3.05, 3.63) is 96.3 Å². The Morgan fingerprint density at radius 1 is 1.12 bits per heavy atom. The van der Waals surface area contributed by atoms with Crippen molar-refractivity contribution in [2.45, 2.75) is 12.5 Å². The van der Waals surface area contributed by atoms with Gasteiger partial charge in [-0.05, 0) is 34.5 Å². The maximum atomic E-state index is 13.2. The highest BCUT2D eigenvalue weighted by Crippen LogP contribution is 2.30. The van der Waals surface area contributed by atoms with Crippen molar-refractivity contribution in [1.29, 1.82) is 0 Å². The summed E-state index contributed by atoms with van der Waals surface area (Å²) in [6.45, 7) is 0. The molecule has 5 rings (SSSR count). The van der Waals surface area contributed by atoms with E-state index < -0.39 is 0 Å². The minimum Gasteiger partial charge on any atom is -0.497 e. The number of nitrogens with zero attached hydrogens (tertiary/aromatic N) is 2. The van der Waals surface area contributed by atoms with E-state index in [2.05, 4.69) is 22.4 Å². The first-order valence-electron chi connectivity index (χ1n) is 10.4. The number of amides is 1. The zero-order chi connectivity index (χ0) is 22.1. The number of benzene rings is 3. The summed E-state index contributed by atoms with van der Waals surface area (Å²) >= 11 is 0. The molecule has 0 fully saturated rings. The van der Waals surface area contributed by atoms with E-state index in [1.165, 1.54) is 0 Å². The number of rotatable bonds is 6. The average molecular weight is 425 g/mol. The first-order chi connectivity index (χ1) is 15.6. The first kappa shape index (κ1) is 19.9. The molecule has 160 valence electrons. The third-order valence-electron chi connectivity index (χ3n) is 5.76. The highest BCUT2D eigenvalue weighted by molar-refractivity contribution is 6.08. The van der Waals surface area contributed by atoms with Gasteiger partial charge >= 0.3 is 0 Å². The van der Waals surface area contributed by atoms with Crippen molar-refractivity contribution in [2.24, 2.45) is 7.05 Å². The minimum absolute atomic E-state index is 0.107. The number of aryl methyl sites for hydroxylation is 1. The molecule has 0 bridgehead atoms. The van der Waals surface area contributed by atoms with Gasteiger partial charge in [-0.2, -0.15) is 0 Å². The van der Waals surface area contributed by atoms with Crippen molar-refractivity contribution in [3.63, 3.8) is 0 Å². The molecule has 6 heteroatoms. The maximum absolute atomic E-state index is 13.2. The Bertz CT molecular complexity index is 1400. The fourth-order valence-electron chi connectivity index (χ4n) is 4.14. The molecule has 0 aliphatic heterocycles. The van der Waals surface area contributed by atoms with Crippen LogP contribution in [0.25, 0.3) is 21.7 Å². The SMILES string of the molecule is COc1ccc(C(NC(=O)Cc2coc3ccc4ccccc4c23)c2nccn2C)cc1. The summed E-state index contributed by atoms with van der Waals surface area (Å²) in [6, 6.07) is 19.4. The molecular weight excluding hydrogens is 402 g/mol. The lowest BCUT2D eigenvalue weighted by atomic mass is 10.0. The monoisotopic (exact) mass is 425 g/mol. The molecule has 0 radical (unpaired) electrons. The number of carbonyl (C=O) groups excluding carboxylic acids is 1. The Hall–Kier alpha value is -4.06. The van der Waals surface area contributed by atoms with Crippen LogP contribution >= 0.6 is 0 Å². The first-order valence-corrected chi connectivity index (χ1v) is 10.4. The van der Waals surface area contributed by atoms with Crippen LogP contribution in [0, 0.1) is 0 Å². The van der Waals surface area contributed by atoms with Crippen LogP contribution in [-0.4, -0.2) is 22.6 Å². The molecule has 1 unspecified atom stereocenters. The number of carbonyl (C=O) groups is 1. The van der Waals surface area contributed by atoms with Crippen LogP contribution in [0.5, 0.6) is 5.75 Å². The number of hydrogen-bond donors (Lipinski definition) is 1. The number of ether oxygens (including phenoxy) is 1. The zero-order valence-electron chi connectivity index (χ0n) is 17.9. The molecular formula is C26H23N3O3. The van der Waals surface area contributed by atoms with Crippen molar-refractivity contribution in [3.8, 4) is 5.75 Å². The van der Waals surface area contributed by atoms with Crippen LogP contribution in [0.1, 0.15) is 23.0 Å². The van der Waals surface area contributed by atoms with Gasteiger partial charge in [-0.15, -0.1) is 0 Å². The lowest BCUT2D eigenvalue weighted by Gasteiger charge is -2.19. The van der Waals surface area contributed by atoms with Crippen molar-refractivity contribution >= 4 is 27.6 Å². The lowest BCUT2D eigenvalue weighted by Crippen LogP contribution is -2.32. The number of fused-ring (bicyclic) bond motifs is 3. The molecule has 0 spiro atoms. The van der Waals surface area contributed by atoms with Crippen LogP contribution in [0.4, 0.5) is 0 Å². The molecule has 1 amide bonds. The third-order valence-corrected chi connectivity index (χ3v) is 5.76. The lowest BCUT2D eigenvalue weighted by molar-refractivity contribution is -0.121. The number of imidazole rings is 1. The van der Waals surface area contributed by atoms with Gasteiger partial charge in [-0.1, -0.05) is 42.5 Å². The van der Waals surface area contributed by atoms with Crippen LogP contribution in [-0.2, 0) is 18.3 Å². The normalized spacial score (nSPS) is 12.2. The van der Waals surface area contributed by atoms with Crippen LogP contribution in [0.3, 0.4) is 0 Å². The second-order valence-electron chi connectivity index (χ2n) is 7.77. The predicted molar refractivity (Wildman–Crippen MR) is 124 cm³/mol. The number of furan rings is 1. The van der Waals surface area contributed by atoms with E-state index >= 15 is 0 Å². The summed E-state index contributed by atoms with van der Waals surface area (Å²) in [4.78, 5) is 17.7. The van der Waals surface area contributed by atoms with E-state index in [1.54, 1.807) is 19.6 Å². The van der Waals surface area contributed by atoms with Gasteiger partial charge in [0, 0.05) is 30.4 Å². The molecule has 0 saturated heterocycles. The Balaban J connectivity index is 1.46. The molecule has 32 heavy (non-hydrogen) atoms. The third kappa shape index (κ3) is 3.60. The van der Waals surface area contributed by atoms with Gasteiger partial charge in [0.1, 0.15) is 23.2 Å². The van der Waals surface area contributed by atoms with Gasteiger partial charge in [-0.3, -0.25) is 4.79 Å². The standard InChI is InChI=1S/C26H23N3O3/c1-29-14-13-27-26(29)25(18-7-10-20(31-2)11-8-18)28-23(30)15-19-16-32-22-12-9-17-5-3-4-6-21(17)24(19)22/h3-14,16,25H,15H2,1-2H3,(H,28,30). The summed E-state index contributed by atoms with van der Waals surface area (Å²) in [5, 5.41) is 6.34. The molecule has 1 N–H and O–H groups in total. The Kier molecular flexibility index (Phi) is 5.11. The Labute approximate surface area is 185 Å². The number of nitrogens with one attached hydrogen (secondary N) is 1. The topological polar surface area (TPSA) is 69.3 Å². The van der Waals surface area contributed by atoms with E-state index in [0.29, 0.717) is 0 Å². The Morgan fingerprint density at radius 3 is 2.69 bits per heavy atom. The van der Waals surface area contributed by atoms with Gasteiger partial charge in [0.15, 0.2) is 0 Å². The van der Waals surface area contributed by atoms with Crippen LogP contribution < -0.4 is 10.1 Å². The van der Waals surface area contributed by atoms with Crippen molar-refractivity contribution in [1.82, 2.24) is 14.9 Å². The summed E-state index contributed by atoms with van der Waals surface area (Å²) < 4.78 is 12.9. The van der Waals surface area contributed by atoms with E-state index in [9.17, 15) is 4.79 Å². The summed E-state index contributed by atoms with van der Waals surface area (Å²) in [5.41, 5.74) is 2.57.